The molecule has 5 rings (SSSR count). The van der Waals surface area contributed by atoms with E-state index >= 15 is 0 Å². The van der Waals surface area contributed by atoms with Crippen LogP contribution in [0.5, 0.6) is 0 Å². The number of primary amides is 1. The first-order chi connectivity index (χ1) is 14.5. The van der Waals surface area contributed by atoms with E-state index in [9.17, 15) is 9.59 Å². The summed E-state index contributed by atoms with van der Waals surface area (Å²) in [6.07, 6.45) is 7.52. The molecule has 156 valence electrons. The number of carbonyl (C=O) groups excluding carboxylic acids is 2. The van der Waals surface area contributed by atoms with Crippen LogP contribution >= 0.6 is 0 Å². The van der Waals surface area contributed by atoms with Gasteiger partial charge >= 0.3 is 0 Å². The quantitative estimate of drug-likeness (QED) is 0.783. The highest BCUT2D eigenvalue weighted by Crippen LogP contribution is 2.50. The lowest BCUT2D eigenvalue weighted by Crippen LogP contribution is -2.34. The minimum Gasteiger partial charge on any atom is -0.366 e. The van der Waals surface area contributed by atoms with E-state index in [1.807, 2.05) is 17.0 Å². The molecule has 4 aliphatic rings. The van der Waals surface area contributed by atoms with Gasteiger partial charge in [-0.15, -0.1) is 0 Å². The molecule has 0 aromatic heterocycles. The Morgan fingerprint density at radius 2 is 2.03 bits per heavy atom. The third kappa shape index (κ3) is 3.02. The lowest BCUT2D eigenvalue weighted by molar-refractivity contribution is -0.159. The van der Waals surface area contributed by atoms with Gasteiger partial charge in [-0.25, -0.2) is 0 Å². The van der Waals surface area contributed by atoms with Crippen molar-refractivity contribution < 1.29 is 19.1 Å². The molecule has 6 nitrogen and oxygen atoms in total. The Kier molecular flexibility index (Phi) is 4.64. The van der Waals surface area contributed by atoms with Crippen LogP contribution in [-0.2, 0) is 20.7 Å². The number of carbonyl (C=O) groups is 2. The molecule has 0 radical (unpaired) electrons. The summed E-state index contributed by atoms with van der Waals surface area (Å²) in [5.41, 5.74) is 13.2. The van der Waals surface area contributed by atoms with Crippen LogP contribution in [-0.4, -0.2) is 48.8 Å². The molecule has 1 aromatic rings. The maximum Gasteiger partial charge on any atom is 0.249 e. The number of hydrogen-bond acceptors (Lipinski definition) is 4. The fourth-order valence-corrected chi connectivity index (χ4v) is 5.32. The molecule has 1 fully saturated rings. The highest BCUT2D eigenvalue weighted by atomic mass is 16.7. The average molecular weight is 406 g/mol. The number of nitrogens with two attached hydrogens (primary N) is 1. The topological polar surface area (TPSA) is 81.9 Å². The molecule has 1 spiro atoms. The molecule has 0 atom stereocenters. The van der Waals surface area contributed by atoms with Gasteiger partial charge in [0.05, 0.1) is 13.2 Å². The minimum absolute atomic E-state index is 0.0599. The van der Waals surface area contributed by atoms with Crippen molar-refractivity contribution in [3.8, 4) is 0 Å². The van der Waals surface area contributed by atoms with E-state index in [0.29, 0.717) is 38.3 Å². The maximum absolute atomic E-state index is 12.2. The molecule has 6 heteroatoms. The van der Waals surface area contributed by atoms with Crippen LogP contribution in [0.2, 0.25) is 0 Å². The van der Waals surface area contributed by atoms with Crippen molar-refractivity contribution in [1.29, 1.82) is 0 Å². The van der Waals surface area contributed by atoms with Crippen molar-refractivity contribution >= 4 is 23.0 Å². The van der Waals surface area contributed by atoms with Gasteiger partial charge in [0.2, 0.25) is 11.8 Å². The van der Waals surface area contributed by atoms with Crippen LogP contribution in [0.3, 0.4) is 0 Å². The Labute approximate surface area is 176 Å². The van der Waals surface area contributed by atoms with Gasteiger partial charge in [0.25, 0.3) is 0 Å². The van der Waals surface area contributed by atoms with Crippen molar-refractivity contribution in [1.82, 2.24) is 4.90 Å². The van der Waals surface area contributed by atoms with E-state index in [1.54, 1.807) is 0 Å². The van der Waals surface area contributed by atoms with Gasteiger partial charge in [-0.3, -0.25) is 9.59 Å². The number of benzene rings is 1. The molecule has 2 N–H and O–H groups in total. The Balaban J connectivity index is 1.59. The number of allylic oxidation sites excluding steroid dienone is 1. The predicted molar refractivity (Wildman–Crippen MR) is 113 cm³/mol. The third-order valence-electron chi connectivity index (χ3n) is 6.75. The molecule has 2 aliphatic carbocycles. The Bertz CT molecular complexity index is 1010. The summed E-state index contributed by atoms with van der Waals surface area (Å²) in [5.74, 6) is -1.01. The van der Waals surface area contributed by atoms with Crippen LogP contribution < -0.4 is 5.73 Å². The monoisotopic (exact) mass is 406 g/mol. The summed E-state index contributed by atoms with van der Waals surface area (Å²) in [6.45, 7) is 6.08. The second-order valence-electron chi connectivity index (χ2n) is 8.40. The van der Waals surface area contributed by atoms with Crippen molar-refractivity contribution in [3.05, 3.63) is 58.7 Å². The minimum atomic E-state index is -0.549. The van der Waals surface area contributed by atoms with Crippen molar-refractivity contribution in [2.24, 2.45) is 5.73 Å². The third-order valence-corrected chi connectivity index (χ3v) is 6.75. The first-order valence-electron chi connectivity index (χ1n) is 10.6. The van der Waals surface area contributed by atoms with E-state index < -0.39 is 11.7 Å². The zero-order valence-corrected chi connectivity index (χ0v) is 17.0. The standard InChI is InChI=1S/C24H26N2O4/c1-2-21(27)26-9-3-4-16(14-26)17-5-6-18(23(25)28)19-12-15-7-8-24(29-10-11-30-24)13-20(15)22(17)19/h2,4-6H,1,3,7-14H2,(H2,25,28). The zero-order valence-electron chi connectivity index (χ0n) is 17.0. The molecule has 2 heterocycles. The fraction of sp³-hybridized carbons (Fsp3) is 0.417. The van der Waals surface area contributed by atoms with Crippen molar-refractivity contribution in [3.63, 3.8) is 0 Å². The molecule has 0 bridgehead atoms. The number of nitrogens with zero attached hydrogens (tertiary/aromatic N) is 1. The van der Waals surface area contributed by atoms with Crippen LogP contribution in [0.1, 0.15) is 52.7 Å². The van der Waals surface area contributed by atoms with Gasteiger partial charge in [-0.1, -0.05) is 24.3 Å². The smallest absolute Gasteiger partial charge is 0.249 e. The number of hydrogen-bond donors (Lipinski definition) is 1. The van der Waals surface area contributed by atoms with Gasteiger partial charge < -0.3 is 20.1 Å². The summed E-state index contributed by atoms with van der Waals surface area (Å²) >= 11 is 0. The molecule has 1 saturated heterocycles. The van der Waals surface area contributed by atoms with E-state index in [4.69, 9.17) is 15.2 Å². The summed E-state index contributed by atoms with van der Waals surface area (Å²) in [7, 11) is 0. The molecular weight excluding hydrogens is 380 g/mol. The molecule has 30 heavy (non-hydrogen) atoms. The first-order valence-corrected chi connectivity index (χ1v) is 10.6. The summed E-state index contributed by atoms with van der Waals surface area (Å²) in [4.78, 5) is 26.2. The predicted octanol–water partition coefficient (Wildman–Crippen LogP) is 2.82. The zero-order chi connectivity index (χ0) is 20.9. The molecule has 2 aliphatic heterocycles. The summed E-state index contributed by atoms with van der Waals surface area (Å²) in [6, 6.07) is 3.82. The van der Waals surface area contributed by atoms with E-state index in [0.717, 1.165) is 47.9 Å². The lowest BCUT2D eigenvalue weighted by atomic mass is 9.84. The van der Waals surface area contributed by atoms with Crippen molar-refractivity contribution in [2.45, 2.75) is 37.9 Å². The van der Waals surface area contributed by atoms with E-state index in [1.165, 1.54) is 17.2 Å². The molecule has 0 unspecified atom stereocenters. The number of amides is 2. The second-order valence-corrected chi connectivity index (χ2v) is 8.40. The Hall–Kier alpha value is -2.70. The maximum atomic E-state index is 12.2. The number of ether oxygens (including phenoxy) is 2. The molecular formula is C24H26N2O4. The van der Waals surface area contributed by atoms with Crippen LogP contribution in [0, 0.1) is 0 Å². The van der Waals surface area contributed by atoms with Crippen LogP contribution in [0.15, 0.2) is 36.4 Å². The number of rotatable bonds is 3. The van der Waals surface area contributed by atoms with Crippen LogP contribution in [0.25, 0.3) is 11.1 Å². The second kappa shape index (κ2) is 7.22. The normalized spacial score (nSPS) is 22.0. The molecule has 2 amide bonds. The van der Waals surface area contributed by atoms with Gasteiger partial charge in [0.15, 0.2) is 5.79 Å². The highest BCUT2D eigenvalue weighted by molar-refractivity contribution is 6.00. The summed E-state index contributed by atoms with van der Waals surface area (Å²) < 4.78 is 12.0. The van der Waals surface area contributed by atoms with Gasteiger partial charge in [-0.2, -0.15) is 0 Å². The van der Waals surface area contributed by atoms with E-state index in [2.05, 4.69) is 12.7 Å². The van der Waals surface area contributed by atoms with Crippen molar-refractivity contribution in [2.75, 3.05) is 26.3 Å². The number of fused-ring (bicyclic) bond motifs is 2. The lowest BCUT2D eigenvalue weighted by Gasteiger charge is -2.33. The SMILES string of the molecule is C=CC(=O)N1CCC=C(c2ccc(C(N)=O)c3c2C2=C(CCC4(C2)OCCO4)C3)C1. The Morgan fingerprint density at radius 3 is 2.77 bits per heavy atom. The largest absolute Gasteiger partial charge is 0.366 e. The van der Waals surface area contributed by atoms with Gasteiger partial charge in [-0.05, 0) is 59.2 Å². The molecule has 1 aromatic carbocycles. The first kappa shape index (κ1) is 19.3. The highest BCUT2D eigenvalue weighted by Gasteiger charge is 2.44. The fourth-order valence-electron chi connectivity index (χ4n) is 5.32. The van der Waals surface area contributed by atoms with Gasteiger partial charge in [0.1, 0.15) is 0 Å². The average Bonchev–Trinajstić information content (AvgIpc) is 3.37. The summed E-state index contributed by atoms with van der Waals surface area (Å²) in [5, 5.41) is 0. The molecule has 0 saturated carbocycles. The van der Waals surface area contributed by atoms with Gasteiger partial charge in [0, 0.05) is 31.5 Å². The van der Waals surface area contributed by atoms with Crippen LogP contribution in [0.4, 0.5) is 0 Å². The Morgan fingerprint density at radius 1 is 1.23 bits per heavy atom. The van der Waals surface area contributed by atoms with E-state index in [-0.39, 0.29) is 5.91 Å².